The van der Waals surface area contributed by atoms with Crippen LogP contribution in [0, 0.1) is 12.8 Å². The molecular weight excluding hydrogens is 202 g/mol. The van der Waals surface area contributed by atoms with Gasteiger partial charge in [0.25, 0.3) is 0 Å². The van der Waals surface area contributed by atoms with Crippen molar-refractivity contribution in [2.75, 3.05) is 7.05 Å². The van der Waals surface area contributed by atoms with Crippen LogP contribution in [0.3, 0.4) is 0 Å². The second-order valence-corrected chi connectivity index (χ2v) is 5.06. The predicted octanol–water partition coefficient (Wildman–Crippen LogP) is 2.39. The predicted molar refractivity (Wildman–Crippen MR) is 61.9 cm³/mol. The number of aryl methyl sites for hydroxylation is 1. The molecule has 0 bridgehead atoms. The topological polar surface area (TPSA) is 42.2 Å². The highest BCUT2D eigenvalue weighted by molar-refractivity contribution is 4.85. The van der Waals surface area contributed by atoms with Crippen LogP contribution >= 0.6 is 0 Å². The minimum atomic E-state index is 0.684. The molecule has 1 saturated carbocycles. The van der Waals surface area contributed by atoms with Crippen molar-refractivity contribution in [3.05, 3.63) is 11.7 Å². The van der Waals surface area contributed by atoms with Crippen LogP contribution in [0.4, 0.5) is 0 Å². The van der Waals surface area contributed by atoms with Crippen LogP contribution in [0.1, 0.15) is 44.3 Å². The second-order valence-electron chi connectivity index (χ2n) is 5.06. The first kappa shape index (κ1) is 11.6. The van der Waals surface area contributed by atoms with Crippen molar-refractivity contribution in [3.63, 3.8) is 0 Å². The van der Waals surface area contributed by atoms with Crippen molar-refractivity contribution in [1.82, 2.24) is 15.0 Å². The van der Waals surface area contributed by atoms with Gasteiger partial charge in [-0.3, -0.25) is 4.90 Å². The third kappa shape index (κ3) is 2.82. The van der Waals surface area contributed by atoms with Crippen molar-refractivity contribution in [2.45, 2.75) is 52.1 Å². The lowest BCUT2D eigenvalue weighted by atomic mass is 9.87. The van der Waals surface area contributed by atoms with E-state index in [2.05, 4.69) is 29.0 Å². The van der Waals surface area contributed by atoms with Gasteiger partial charge in [0.15, 0.2) is 5.82 Å². The van der Waals surface area contributed by atoms with Gasteiger partial charge in [0.05, 0.1) is 6.54 Å². The van der Waals surface area contributed by atoms with E-state index >= 15 is 0 Å². The maximum Gasteiger partial charge on any atom is 0.240 e. The summed E-state index contributed by atoms with van der Waals surface area (Å²) in [6.07, 6.45) is 5.28. The molecular formula is C12H21N3O. The molecule has 0 unspecified atom stereocenters. The Kier molecular flexibility index (Phi) is 3.59. The average Bonchev–Trinajstić information content (AvgIpc) is 2.65. The van der Waals surface area contributed by atoms with E-state index in [9.17, 15) is 0 Å². The first-order chi connectivity index (χ1) is 7.65. The molecule has 0 saturated heterocycles. The monoisotopic (exact) mass is 223 g/mol. The summed E-state index contributed by atoms with van der Waals surface area (Å²) >= 11 is 0. The minimum absolute atomic E-state index is 0.684. The summed E-state index contributed by atoms with van der Waals surface area (Å²) in [5.41, 5.74) is 0. The summed E-state index contributed by atoms with van der Waals surface area (Å²) in [6, 6.07) is 0.684. The van der Waals surface area contributed by atoms with Gasteiger partial charge in [-0.25, -0.2) is 0 Å². The summed E-state index contributed by atoms with van der Waals surface area (Å²) in [4.78, 5) is 6.59. The lowest BCUT2D eigenvalue weighted by Gasteiger charge is -2.32. The molecule has 1 aromatic heterocycles. The van der Waals surface area contributed by atoms with E-state index in [0.29, 0.717) is 6.04 Å². The van der Waals surface area contributed by atoms with Crippen LogP contribution in [0.2, 0.25) is 0 Å². The number of rotatable bonds is 3. The van der Waals surface area contributed by atoms with Crippen LogP contribution < -0.4 is 0 Å². The Morgan fingerprint density at radius 1 is 1.31 bits per heavy atom. The van der Waals surface area contributed by atoms with Crippen molar-refractivity contribution < 1.29 is 4.52 Å². The van der Waals surface area contributed by atoms with Gasteiger partial charge in [-0.2, -0.15) is 4.98 Å². The quantitative estimate of drug-likeness (QED) is 0.789. The second kappa shape index (κ2) is 4.95. The number of nitrogens with zero attached hydrogens (tertiary/aromatic N) is 3. The van der Waals surface area contributed by atoms with Crippen molar-refractivity contribution in [2.24, 2.45) is 5.92 Å². The first-order valence-electron chi connectivity index (χ1n) is 6.14. The van der Waals surface area contributed by atoms with E-state index in [1.54, 1.807) is 0 Å². The highest BCUT2D eigenvalue weighted by Crippen LogP contribution is 2.26. The minimum Gasteiger partial charge on any atom is -0.338 e. The zero-order chi connectivity index (χ0) is 11.5. The lowest BCUT2D eigenvalue weighted by Crippen LogP contribution is -2.34. The SMILES string of the molecule is Cc1noc(CN(C)C2CCC(C)CC2)n1. The molecule has 0 N–H and O–H groups in total. The van der Waals surface area contributed by atoms with E-state index in [1.807, 2.05) is 6.92 Å². The molecule has 16 heavy (non-hydrogen) atoms. The van der Waals surface area contributed by atoms with Gasteiger partial charge in [0, 0.05) is 6.04 Å². The van der Waals surface area contributed by atoms with Gasteiger partial charge in [-0.05, 0) is 45.6 Å². The summed E-state index contributed by atoms with van der Waals surface area (Å²) in [5.74, 6) is 2.36. The molecule has 1 heterocycles. The van der Waals surface area contributed by atoms with Crippen molar-refractivity contribution in [1.29, 1.82) is 0 Å². The zero-order valence-corrected chi connectivity index (χ0v) is 10.4. The first-order valence-corrected chi connectivity index (χ1v) is 6.14. The molecule has 90 valence electrons. The van der Waals surface area contributed by atoms with E-state index in [-0.39, 0.29) is 0 Å². The number of hydrogen-bond acceptors (Lipinski definition) is 4. The largest absolute Gasteiger partial charge is 0.338 e. The summed E-state index contributed by atoms with van der Waals surface area (Å²) in [5, 5.41) is 3.81. The molecule has 2 rings (SSSR count). The summed E-state index contributed by atoms with van der Waals surface area (Å²) < 4.78 is 5.14. The van der Waals surface area contributed by atoms with Crippen molar-refractivity contribution in [3.8, 4) is 0 Å². The number of aromatic nitrogens is 2. The Balaban J connectivity index is 1.85. The Bertz CT molecular complexity index is 329. The van der Waals surface area contributed by atoms with Gasteiger partial charge in [0.2, 0.25) is 5.89 Å². The Labute approximate surface area is 97.0 Å². The van der Waals surface area contributed by atoms with Crippen LogP contribution in [-0.2, 0) is 6.54 Å². The molecule has 1 aromatic rings. The molecule has 0 aliphatic heterocycles. The third-order valence-corrected chi connectivity index (χ3v) is 3.56. The van der Waals surface area contributed by atoms with E-state index < -0.39 is 0 Å². The van der Waals surface area contributed by atoms with Crippen LogP contribution in [0.25, 0.3) is 0 Å². The van der Waals surface area contributed by atoms with Crippen LogP contribution in [-0.4, -0.2) is 28.1 Å². The van der Waals surface area contributed by atoms with Crippen LogP contribution in [0.5, 0.6) is 0 Å². The maximum atomic E-state index is 5.14. The van der Waals surface area contributed by atoms with Gasteiger partial charge in [-0.15, -0.1) is 0 Å². The van der Waals surface area contributed by atoms with Gasteiger partial charge in [0.1, 0.15) is 0 Å². The number of hydrogen-bond donors (Lipinski definition) is 0. The fourth-order valence-electron chi connectivity index (χ4n) is 2.43. The molecule has 4 nitrogen and oxygen atoms in total. The fraction of sp³-hybridized carbons (Fsp3) is 0.833. The molecule has 1 aliphatic rings. The van der Waals surface area contributed by atoms with Crippen molar-refractivity contribution >= 4 is 0 Å². The van der Waals surface area contributed by atoms with Crippen LogP contribution in [0.15, 0.2) is 4.52 Å². The molecule has 4 heteroatoms. The highest BCUT2D eigenvalue weighted by Gasteiger charge is 2.22. The zero-order valence-electron chi connectivity index (χ0n) is 10.4. The third-order valence-electron chi connectivity index (χ3n) is 3.56. The normalized spacial score (nSPS) is 26.2. The Morgan fingerprint density at radius 3 is 2.56 bits per heavy atom. The van der Waals surface area contributed by atoms with E-state index in [1.165, 1.54) is 25.7 Å². The Hall–Kier alpha value is -0.900. The highest BCUT2D eigenvalue weighted by atomic mass is 16.5. The molecule has 0 spiro atoms. The van der Waals surface area contributed by atoms with E-state index in [4.69, 9.17) is 4.52 Å². The molecule has 1 aliphatic carbocycles. The van der Waals surface area contributed by atoms with E-state index in [0.717, 1.165) is 24.2 Å². The van der Waals surface area contributed by atoms with Gasteiger partial charge >= 0.3 is 0 Å². The molecule has 1 fully saturated rings. The molecule has 0 amide bonds. The average molecular weight is 223 g/mol. The molecule has 0 atom stereocenters. The maximum absolute atomic E-state index is 5.14. The summed E-state index contributed by atoms with van der Waals surface area (Å²) in [7, 11) is 2.15. The molecule has 0 radical (unpaired) electrons. The van der Waals surface area contributed by atoms with Gasteiger partial charge < -0.3 is 4.52 Å². The standard InChI is InChI=1S/C12H21N3O/c1-9-4-6-11(7-5-9)15(3)8-12-13-10(2)14-16-12/h9,11H,4-8H2,1-3H3. The molecule has 0 aromatic carbocycles. The Morgan fingerprint density at radius 2 is 2.00 bits per heavy atom. The van der Waals surface area contributed by atoms with Gasteiger partial charge in [-0.1, -0.05) is 12.1 Å². The summed E-state index contributed by atoms with van der Waals surface area (Å²) in [6.45, 7) is 4.98. The fourth-order valence-corrected chi connectivity index (χ4v) is 2.43. The lowest BCUT2D eigenvalue weighted by molar-refractivity contribution is 0.148. The smallest absolute Gasteiger partial charge is 0.240 e.